The monoisotopic (exact) mass is 312 g/mol. The molecule has 6 heteroatoms. The van der Waals surface area contributed by atoms with E-state index in [1.165, 1.54) is 0 Å². The largest absolute Gasteiger partial charge is 0.488 e. The lowest BCUT2D eigenvalue weighted by Gasteiger charge is -2.18. The van der Waals surface area contributed by atoms with Gasteiger partial charge in [0.1, 0.15) is 11.9 Å². The van der Waals surface area contributed by atoms with Crippen molar-refractivity contribution in [3.05, 3.63) is 24.5 Å². The zero-order chi connectivity index (χ0) is 16.1. The average Bonchev–Trinajstić information content (AvgIpc) is 3.20. The molecule has 3 heterocycles. The molecule has 23 heavy (non-hydrogen) atoms. The molecule has 1 fully saturated rings. The summed E-state index contributed by atoms with van der Waals surface area (Å²) < 4.78 is 5.87. The fraction of sp³-hybridized carbons (Fsp3) is 0.529. The highest BCUT2D eigenvalue weighted by atomic mass is 16.5. The maximum absolute atomic E-state index is 12.3. The van der Waals surface area contributed by atoms with Gasteiger partial charge in [-0.2, -0.15) is 10.2 Å². The number of ether oxygens (including phenoxy) is 1. The van der Waals surface area contributed by atoms with Crippen molar-refractivity contribution in [2.24, 2.45) is 10.2 Å². The normalized spacial score (nSPS) is 21.0. The van der Waals surface area contributed by atoms with Crippen LogP contribution >= 0.6 is 0 Å². The third-order valence-corrected chi connectivity index (χ3v) is 4.24. The smallest absolute Gasteiger partial charge is 0.222 e. The van der Waals surface area contributed by atoms with Gasteiger partial charge in [-0.1, -0.05) is 0 Å². The third kappa shape index (κ3) is 4.07. The molecule has 1 aromatic rings. The summed E-state index contributed by atoms with van der Waals surface area (Å²) in [6.07, 6.45) is 12.1. The van der Waals surface area contributed by atoms with Crippen molar-refractivity contribution in [2.75, 3.05) is 13.1 Å². The molecule has 0 aromatic carbocycles. The Morgan fingerprint density at radius 3 is 2.87 bits per heavy atom. The molecule has 120 valence electrons. The number of likely N-dealkylation sites (tertiary alicyclic amines) is 1. The van der Waals surface area contributed by atoms with Gasteiger partial charge in [-0.25, -0.2) is 0 Å². The quantitative estimate of drug-likeness (QED) is 0.726. The second kappa shape index (κ2) is 6.78. The zero-order valence-electron chi connectivity index (χ0n) is 13.0. The summed E-state index contributed by atoms with van der Waals surface area (Å²) in [6, 6.07) is 3.66. The number of carbonyl (C=O) groups excluding carboxylic acids is 1. The molecule has 3 rings (SSSR count). The molecule has 0 radical (unpaired) electrons. The minimum Gasteiger partial charge on any atom is -0.488 e. The van der Waals surface area contributed by atoms with E-state index in [2.05, 4.69) is 21.1 Å². The Hall–Kier alpha value is -2.42. The molecular weight excluding hydrogens is 292 g/mol. The number of rotatable bonds is 7. The van der Waals surface area contributed by atoms with E-state index in [4.69, 9.17) is 11.2 Å². The predicted molar refractivity (Wildman–Crippen MR) is 84.7 cm³/mol. The van der Waals surface area contributed by atoms with E-state index in [1.807, 2.05) is 17.0 Å². The number of hydrogen-bond acceptors (Lipinski definition) is 5. The van der Waals surface area contributed by atoms with Gasteiger partial charge in [-0.05, 0) is 12.1 Å². The van der Waals surface area contributed by atoms with Crippen molar-refractivity contribution in [3.8, 4) is 18.1 Å². The molecule has 0 N–H and O–H groups in total. The lowest BCUT2D eigenvalue weighted by atomic mass is 10.0. The molecule has 1 atom stereocenters. The zero-order valence-corrected chi connectivity index (χ0v) is 13.0. The van der Waals surface area contributed by atoms with Gasteiger partial charge in [0.2, 0.25) is 5.91 Å². The van der Waals surface area contributed by atoms with Crippen LogP contribution in [0.1, 0.15) is 32.1 Å². The highest BCUT2D eigenvalue weighted by Gasteiger charge is 2.40. The van der Waals surface area contributed by atoms with Gasteiger partial charge in [0.05, 0.1) is 6.54 Å². The van der Waals surface area contributed by atoms with E-state index < -0.39 is 0 Å². The average molecular weight is 312 g/mol. The van der Waals surface area contributed by atoms with E-state index in [9.17, 15) is 4.79 Å². The topological polar surface area (TPSA) is 67.2 Å². The van der Waals surface area contributed by atoms with E-state index in [0.29, 0.717) is 25.8 Å². The number of aromatic nitrogens is 1. The van der Waals surface area contributed by atoms with Crippen molar-refractivity contribution in [1.29, 1.82) is 0 Å². The third-order valence-electron chi connectivity index (χ3n) is 4.24. The Morgan fingerprint density at radius 2 is 2.17 bits per heavy atom. The highest BCUT2D eigenvalue weighted by molar-refractivity contribution is 5.76. The van der Waals surface area contributed by atoms with Crippen LogP contribution in [-0.4, -0.2) is 40.6 Å². The predicted octanol–water partition coefficient (Wildman–Crippen LogP) is 2.42. The standard InChI is InChI=1S/C17H20N4O2/c1-2-3-8-17(19-20-17)9-4-16(22)21-12-7-15(13-21)23-14-5-10-18-11-6-14/h1,5-6,10-11,15H,3-4,7-9,12-13H2/t15-/m1/s1. The minimum absolute atomic E-state index is 0.0482. The van der Waals surface area contributed by atoms with E-state index in [0.717, 1.165) is 25.1 Å². The number of amides is 1. The summed E-state index contributed by atoms with van der Waals surface area (Å²) in [6.45, 7) is 1.37. The SMILES string of the molecule is C#CCCC1(CCC(=O)N2CC[C@@H](Oc3ccncc3)C2)N=N1. The molecule has 6 nitrogen and oxygen atoms in total. The highest BCUT2D eigenvalue weighted by Crippen LogP contribution is 2.37. The van der Waals surface area contributed by atoms with Crippen molar-refractivity contribution >= 4 is 5.91 Å². The fourth-order valence-corrected chi connectivity index (χ4v) is 2.79. The number of terminal acetylenes is 1. The number of pyridine rings is 1. The first-order valence-corrected chi connectivity index (χ1v) is 7.93. The maximum atomic E-state index is 12.3. The van der Waals surface area contributed by atoms with Crippen LogP contribution in [0.3, 0.4) is 0 Å². The molecule has 1 amide bonds. The lowest BCUT2D eigenvalue weighted by Crippen LogP contribution is -2.31. The molecule has 0 spiro atoms. The van der Waals surface area contributed by atoms with Crippen LogP contribution in [0.25, 0.3) is 0 Å². The van der Waals surface area contributed by atoms with Gasteiger partial charge in [0, 0.05) is 51.0 Å². The Morgan fingerprint density at radius 1 is 1.39 bits per heavy atom. The Kier molecular flexibility index (Phi) is 4.56. The van der Waals surface area contributed by atoms with Crippen LogP contribution in [0.2, 0.25) is 0 Å². The Labute approximate surface area is 135 Å². The molecule has 0 aliphatic carbocycles. The fourth-order valence-electron chi connectivity index (χ4n) is 2.79. The summed E-state index contributed by atoms with van der Waals surface area (Å²) >= 11 is 0. The second-order valence-corrected chi connectivity index (χ2v) is 5.94. The van der Waals surface area contributed by atoms with Crippen LogP contribution < -0.4 is 4.74 Å². The molecule has 2 aliphatic heterocycles. The second-order valence-electron chi connectivity index (χ2n) is 5.94. The molecule has 1 saturated heterocycles. The van der Waals surface area contributed by atoms with Crippen LogP contribution in [0, 0.1) is 12.3 Å². The Bertz CT molecular complexity index is 617. The van der Waals surface area contributed by atoms with Gasteiger partial charge < -0.3 is 9.64 Å². The number of hydrogen-bond donors (Lipinski definition) is 0. The van der Waals surface area contributed by atoms with Gasteiger partial charge in [0.25, 0.3) is 0 Å². The van der Waals surface area contributed by atoms with Gasteiger partial charge in [0.15, 0.2) is 5.66 Å². The van der Waals surface area contributed by atoms with E-state index >= 15 is 0 Å². The van der Waals surface area contributed by atoms with Crippen molar-refractivity contribution in [2.45, 2.75) is 43.9 Å². The summed E-state index contributed by atoms with van der Waals surface area (Å²) in [4.78, 5) is 18.2. The molecule has 0 saturated carbocycles. The molecule has 0 bridgehead atoms. The number of carbonyl (C=O) groups is 1. The summed E-state index contributed by atoms with van der Waals surface area (Å²) in [5.41, 5.74) is -0.380. The van der Waals surface area contributed by atoms with Crippen molar-refractivity contribution in [1.82, 2.24) is 9.88 Å². The van der Waals surface area contributed by atoms with Gasteiger partial charge in [-0.3, -0.25) is 9.78 Å². The van der Waals surface area contributed by atoms with E-state index in [1.54, 1.807) is 12.4 Å². The van der Waals surface area contributed by atoms with Gasteiger partial charge in [-0.15, -0.1) is 12.3 Å². The summed E-state index contributed by atoms with van der Waals surface area (Å²) in [7, 11) is 0. The molecule has 1 aromatic heterocycles. The summed E-state index contributed by atoms with van der Waals surface area (Å²) in [5.74, 6) is 3.54. The van der Waals surface area contributed by atoms with Crippen LogP contribution in [-0.2, 0) is 4.79 Å². The summed E-state index contributed by atoms with van der Waals surface area (Å²) in [5, 5.41) is 8.14. The van der Waals surface area contributed by atoms with Gasteiger partial charge >= 0.3 is 0 Å². The Balaban J connectivity index is 1.42. The maximum Gasteiger partial charge on any atom is 0.222 e. The first kappa shape index (κ1) is 15.5. The van der Waals surface area contributed by atoms with Crippen LogP contribution in [0.15, 0.2) is 34.8 Å². The molecule has 0 unspecified atom stereocenters. The minimum atomic E-state index is -0.380. The van der Waals surface area contributed by atoms with E-state index in [-0.39, 0.29) is 17.7 Å². The number of nitrogens with zero attached hydrogens (tertiary/aromatic N) is 4. The van der Waals surface area contributed by atoms with Crippen molar-refractivity contribution in [3.63, 3.8) is 0 Å². The first-order valence-electron chi connectivity index (χ1n) is 7.93. The lowest BCUT2D eigenvalue weighted by molar-refractivity contribution is -0.130. The molecular formula is C17H20N4O2. The van der Waals surface area contributed by atoms with Crippen molar-refractivity contribution < 1.29 is 9.53 Å². The molecule has 2 aliphatic rings. The van der Waals surface area contributed by atoms with Crippen LogP contribution in [0.5, 0.6) is 5.75 Å². The van der Waals surface area contributed by atoms with Crippen LogP contribution in [0.4, 0.5) is 0 Å². The first-order chi connectivity index (χ1) is 11.2.